The Morgan fingerprint density at radius 3 is 3.00 bits per heavy atom. The minimum absolute atomic E-state index is 0.572. The zero-order valence-electron chi connectivity index (χ0n) is 12.8. The molecule has 21 heavy (non-hydrogen) atoms. The Labute approximate surface area is 125 Å². The highest BCUT2D eigenvalue weighted by Crippen LogP contribution is 2.25. The number of hydrogen-bond donors (Lipinski definition) is 1. The predicted octanol–water partition coefficient (Wildman–Crippen LogP) is 2.07. The molecule has 1 aromatic heterocycles. The molecule has 5 nitrogen and oxygen atoms in total. The van der Waals surface area contributed by atoms with Crippen LogP contribution in [0.1, 0.15) is 30.8 Å². The molecule has 0 saturated carbocycles. The van der Waals surface area contributed by atoms with E-state index in [-0.39, 0.29) is 0 Å². The van der Waals surface area contributed by atoms with E-state index in [2.05, 4.69) is 34.9 Å². The normalized spacial score (nSPS) is 15.4. The fourth-order valence-electron chi connectivity index (χ4n) is 2.91. The van der Waals surface area contributed by atoms with Crippen LogP contribution in [0.3, 0.4) is 0 Å². The van der Waals surface area contributed by atoms with Gasteiger partial charge in [0.05, 0.1) is 6.54 Å². The molecular formula is C16H23N5. The van der Waals surface area contributed by atoms with E-state index in [4.69, 9.17) is 5.73 Å². The van der Waals surface area contributed by atoms with Crippen molar-refractivity contribution in [3.05, 3.63) is 41.5 Å². The summed E-state index contributed by atoms with van der Waals surface area (Å²) >= 11 is 0. The van der Waals surface area contributed by atoms with Crippen LogP contribution in [-0.4, -0.2) is 26.2 Å². The smallest absolute Gasteiger partial charge is 0.141 e. The monoisotopic (exact) mass is 285 g/mol. The summed E-state index contributed by atoms with van der Waals surface area (Å²) in [6.07, 6.45) is 2.71. The summed E-state index contributed by atoms with van der Waals surface area (Å²) in [5.74, 6) is 1.62. The van der Waals surface area contributed by atoms with Crippen molar-refractivity contribution in [2.45, 2.75) is 39.9 Å². The molecule has 0 bridgehead atoms. The number of benzene rings is 1. The standard InChI is InChI=1S/C16H23N5/c1-12(2)8-21-16(18-11-19-21)10-20-7-6-13-4-3-5-15(17)14(13)9-20/h3-5,11-12H,6-10,17H2,1-2H3. The Balaban J connectivity index is 1.73. The van der Waals surface area contributed by atoms with E-state index < -0.39 is 0 Å². The lowest BCUT2D eigenvalue weighted by Gasteiger charge is -2.29. The molecule has 112 valence electrons. The van der Waals surface area contributed by atoms with Gasteiger partial charge in [-0.2, -0.15) is 5.10 Å². The van der Waals surface area contributed by atoms with Crippen LogP contribution < -0.4 is 5.73 Å². The van der Waals surface area contributed by atoms with Gasteiger partial charge in [-0.05, 0) is 29.5 Å². The Kier molecular flexibility index (Phi) is 3.92. The minimum Gasteiger partial charge on any atom is -0.398 e. The Bertz CT molecular complexity index is 617. The lowest BCUT2D eigenvalue weighted by molar-refractivity contribution is 0.233. The summed E-state index contributed by atoms with van der Waals surface area (Å²) in [5, 5.41) is 4.34. The van der Waals surface area contributed by atoms with Gasteiger partial charge in [-0.15, -0.1) is 0 Å². The molecule has 0 radical (unpaired) electrons. The molecule has 2 N–H and O–H groups in total. The van der Waals surface area contributed by atoms with Crippen LogP contribution in [0.25, 0.3) is 0 Å². The molecular weight excluding hydrogens is 262 g/mol. The second kappa shape index (κ2) is 5.85. The molecule has 1 aliphatic heterocycles. The van der Waals surface area contributed by atoms with Gasteiger partial charge in [-0.25, -0.2) is 9.67 Å². The van der Waals surface area contributed by atoms with Gasteiger partial charge in [0.15, 0.2) is 0 Å². The van der Waals surface area contributed by atoms with Crippen molar-refractivity contribution in [1.82, 2.24) is 19.7 Å². The number of nitrogen functional groups attached to an aromatic ring is 1. The Hall–Kier alpha value is -1.88. The van der Waals surface area contributed by atoms with Crippen molar-refractivity contribution in [3.8, 4) is 0 Å². The van der Waals surface area contributed by atoms with Gasteiger partial charge in [-0.1, -0.05) is 26.0 Å². The zero-order valence-corrected chi connectivity index (χ0v) is 12.8. The molecule has 2 heterocycles. The van der Waals surface area contributed by atoms with Crippen molar-refractivity contribution in [1.29, 1.82) is 0 Å². The number of fused-ring (bicyclic) bond motifs is 1. The van der Waals surface area contributed by atoms with Gasteiger partial charge >= 0.3 is 0 Å². The van der Waals surface area contributed by atoms with Crippen molar-refractivity contribution < 1.29 is 0 Å². The first-order valence-electron chi connectivity index (χ1n) is 7.58. The van der Waals surface area contributed by atoms with E-state index in [1.165, 1.54) is 11.1 Å². The summed E-state index contributed by atoms with van der Waals surface area (Å²) in [6.45, 7) is 8.09. The quantitative estimate of drug-likeness (QED) is 0.874. The molecule has 0 atom stereocenters. The zero-order chi connectivity index (χ0) is 14.8. The molecule has 0 fully saturated rings. The van der Waals surface area contributed by atoms with Crippen LogP contribution in [0.4, 0.5) is 5.69 Å². The van der Waals surface area contributed by atoms with Crippen molar-refractivity contribution in [3.63, 3.8) is 0 Å². The topological polar surface area (TPSA) is 60.0 Å². The second-order valence-electron chi connectivity index (χ2n) is 6.20. The predicted molar refractivity (Wildman–Crippen MR) is 83.5 cm³/mol. The maximum Gasteiger partial charge on any atom is 0.141 e. The van der Waals surface area contributed by atoms with E-state index in [0.717, 1.165) is 44.1 Å². The van der Waals surface area contributed by atoms with Crippen LogP contribution in [0.2, 0.25) is 0 Å². The second-order valence-corrected chi connectivity index (χ2v) is 6.20. The third kappa shape index (κ3) is 3.08. The summed E-state index contributed by atoms with van der Waals surface area (Å²) in [6, 6.07) is 6.22. The number of anilines is 1. The maximum absolute atomic E-state index is 6.11. The number of aromatic nitrogens is 3. The summed E-state index contributed by atoms with van der Waals surface area (Å²) in [4.78, 5) is 6.82. The minimum atomic E-state index is 0.572. The van der Waals surface area contributed by atoms with Crippen LogP contribution >= 0.6 is 0 Å². The maximum atomic E-state index is 6.11. The first kappa shape index (κ1) is 14.1. The average Bonchev–Trinajstić information content (AvgIpc) is 2.86. The highest BCUT2D eigenvalue weighted by molar-refractivity contribution is 5.51. The molecule has 2 aromatic rings. The molecule has 0 saturated heterocycles. The largest absolute Gasteiger partial charge is 0.398 e. The van der Waals surface area contributed by atoms with Gasteiger partial charge < -0.3 is 5.73 Å². The molecule has 0 spiro atoms. The lowest BCUT2D eigenvalue weighted by Crippen LogP contribution is -2.32. The fraction of sp³-hybridized carbons (Fsp3) is 0.500. The van der Waals surface area contributed by atoms with Gasteiger partial charge in [0, 0.05) is 25.3 Å². The van der Waals surface area contributed by atoms with Crippen molar-refractivity contribution >= 4 is 5.69 Å². The summed E-state index contributed by atoms with van der Waals surface area (Å²) in [5.41, 5.74) is 9.68. The SMILES string of the molecule is CC(C)Cn1ncnc1CN1CCc2cccc(N)c2C1. The molecule has 5 heteroatoms. The molecule has 0 unspecified atom stereocenters. The summed E-state index contributed by atoms with van der Waals surface area (Å²) in [7, 11) is 0. The van der Waals surface area contributed by atoms with E-state index in [0.29, 0.717) is 5.92 Å². The number of hydrogen-bond acceptors (Lipinski definition) is 4. The molecule has 0 aliphatic carbocycles. The average molecular weight is 285 g/mol. The van der Waals surface area contributed by atoms with E-state index in [9.17, 15) is 0 Å². The van der Waals surface area contributed by atoms with Crippen LogP contribution in [-0.2, 0) is 26.1 Å². The van der Waals surface area contributed by atoms with Crippen LogP contribution in [0, 0.1) is 5.92 Å². The summed E-state index contributed by atoms with van der Waals surface area (Å²) < 4.78 is 2.02. The van der Waals surface area contributed by atoms with E-state index in [1.807, 2.05) is 16.8 Å². The van der Waals surface area contributed by atoms with Gasteiger partial charge in [-0.3, -0.25) is 4.90 Å². The highest BCUT2D eigenvalue weighted by atomic mass is 15.3. The van der Waals surface area contributed by atoms with Gasteiger partial charge in [0.25, 0.3) is 0 Å². The molecule has 3 rings (SSSR count). The first-order chi connectivity index (χ1) is 10.1. The highest BCUT2D eigenvalue weighted by Gasteiger charge is 2.19. The van der Waals surface area contributed by atoms with Crippen LogP contribution in [0.5, 0.6) is 0 Å². The lowest BCUT2D eigenvalue weighted by atomic mass is 9.98. The Morgan fingerprint density at radius 1 is 1.33 bits per heavy atom. The number of nitrogens with zero attached hydrogens (tertiary/aromatic N) is 4. The van der Waals surface area contributed by atoms with E-state index >= 15 is 0 Å². The number of nitrogens with two attached hydrogens (primary N) is 1. The third-order valence-electron chi connectivity index (χ3n) is 3.99. The van der Waals surface area contributed by atoms with Crippen molar-refractivity contribution in [2.24, 2.45) is 5.92 Å². The van der Waals surface area contributed by atoms with Gasteiger partial charge in [0.2, 0.25) is 0 Å². The molecule has 1 aliphatic rings. The fourth-order valence-corrected chi connectivity index (χ4v) is 2.91. The van der Waals surface area contributed by atoms with Crippen molar-refractivity contribution in [2.75, 3.05) is 12.3 Å². The molecule has 0 amide bonds. The van der Waals surface area contributed by atoms with Gasteiger partial charge in [0.1, 0.15) is 12.2 Å². The van der Waals surface area contributed by atoms with Crippen LogP contribution in [0.15, 0.2) is 24.5 Å². The Morgan fingerprint density at radius 2 is 2.19 bits per heavy atom. The number of rotatable bonds is 4. The third-order valence-corrected chi connectivity index (χ3v) is 3.99. The first-order valence-corrected chi connectivity index (χ1v) is 7.58. The van der Waals surface area contributed by atoms with E-state index in [1.54, 1.807) is 6.33 Å². The molecule has 1 aromatic carbocycles.